The minimum atomic E-state index is -0.785. The number of fused-ring (bicyclic) bond motifs is 1. The van der Waals surface area contributed by atoms with E-state index in [1.165, 1.54) is 7.05 Å². The topological polar surface area (TPSA) is 101 Å². The van der Waals surface area contributed by atoms with Crippen LogP contribution >= 0.6 is 11.8 Å². The first-order valence-corrected chi connectivity index (χ1v) is 10.3. The molecule has 1 aromatic rings. The van der Waals surface area contributed by atoms with Crippen LogP contribution in [0.3, 0.4) is 0 Å². The summed E-state index contributed by atoms with van der Waals surface area (Å²) in [4.78, 5) is 37.5. The minimum Gasteiger partial charge on any atom is -0.454 e. The maximum absolute atomic E-state index is 12.6. The molecule has 0 saturated carbocycles. The molecule has 2 aliphatic heterocycles. The number of thioether (sulfide) groups is 1. The smallest absolute Gasteiger partial charge is 0.413 e. The summed E-state index contributed by atoms with van der Waals surface area (Å²) in [6.07, 6.45) is -0.474. The van der Waals surface area contributed by atoms with Crippen LogP contribution in [-0.2, 0) is 19.0 Å². The Kier molecular flexibility index (Phi) is 7.21. The Balaban J connectivity index is 1.39. The van der Waals surface area contributed by atoms with Crippen LogP contribution in [0.1, 0.15) is 23.7 Å². The van der Waals surface area contributed by atoms with Crippen molar-refractivity contribution in [2.75, 3.05) is 38.7 Å². The van der Waals surface area contributed by atoms with Gasteiger partial charge in [-0.05, 0) is 25.1 Å². The molecule has 0 aromatic heterocycles. The SMILES string of the molecule is CC(C(=O)c1ccc2c(c1)OCO2)N(C)C(=O)OCOC(=O)CCOC1CSC1. The molecule has 158 valence electrons. The van der Waals surface area contributed by atoms with E-state index in [1.54, 1.807) is 36.9 Å². The number of carbonyl (C=O) groups excluding carboxylic acids is 3. The van der Waals surface area contributed by atoms with Gasteiger partial charge in [0.25, 0.3) is 0 Å². The van der Waals surface area contributed by atoms with E-state index >= 15 is 0 Å². The molecule has 2 heterocycles. The van der Waals surface area contributed by atoms with E-state index < -0.39 is 24.9 Å². The second kappa shape index (κ2) is 9.84. The number of likely N-dealkylation sites (N-methyl/N-ethyl adjacent to an activating group) is 1. The van der Waals surface area contributed by atoms with E-state index in [4.69, 9.17) is 23.7 Å². The maximum atomic E-state index is 12.6. The standard InChI is InChI=1S/C19H23NO8S/c1-12(18(22)13-3-4-15-16(7-13)26-10-25-15)20(2)19(23)28-11-27-17(21)5-6-24-14-8-29-9-14/h3-4,7,12,14H,5-6,8-11H2,1-2H3. The van der Waals surface area contributed by atoms with E-state index in [-0.39, 0.29) is 31.7 Å². The number of ether oxygens (including phenoxy) is 5. The normalized spacial score (nSPS) is 15.9. The third-order valence-corrected chi connectivity index (χ3v) is 5.79. The highest BCUT2D eigenvalue weighted by Crippen LogP contribution is 2.33. The van der Waals surface area contributed by atoms with Crippen LogP contribution in [-0.4, -0.2) is 73.6 Å². The number of benzene rings is 1. The number of hydrogen-bond acceptors (Lipinski definition) is 9. The van der Waals surface area contributed by atoms with Gasteiger partial charge in [-0.25, -0.2) is 4.79 Å². The van der Waals surface area contributed by atoms with E-state index in [9.17, 15) is 14.4 Å². The molecule has 10 heteroatoms. The lowest BCUT2D eigenvalue weighted by atomic mass is 10.0. The Labute approximate surface area is 172 Å². The first-order valence-electron chi connectivity index (χ1n) is 9.14. The Hall–Kier alpha value is -2.46. The Bertz CT molecular complexity index is 767. The summed E-state index contributed by atoms with van der Waals surface area (Å²) in [5.41, 5.74) is 0.387. The molecule has 1 atom stereocenters. The van der Waals surface area contributed by atoms with Crippen LogP contribution < -0.4 is 9.47 Å². The summed E-state index contributed by atoms with van der Waals surface area (Å²) in [5, 5.41) is 0. The van der Waals surface area contributed by atoms with Crippen LogP contribution in [0, 0.1) is 0 Å². The number of nitrogens with zero attached hydrogens (tertiary/aromatic N) is 1. The largest absolute Gasteiger partial charge is 0.454 e. The summed E-state index contributed by atoms with van der Waals surface area (Å²) < 4.78 is 25.7. The quantitative estimate of drug-likeness (QED) is 0.334. The number of ketones is 1. The first kappa shape index (κ1) is 21.3. The number of rotatable bonds is 9. The summed E-state index contributed by atoms with van der Waals surface area (Å²) in [6.45, 7) is 1.45. The van der Waals surface area contributed by atoms with E-state index in [0.29, 0.717) is 17.1 Å². The second-order valence-electron chi connectivity index (χ2n) is 6.54. The van der Waals surface area contributed by atoms with Crippen LogP contribution in [0.25, 0.3) is 0 Å². The highest BCUT2D eigenvalue weighted by molar-refractivity contribution is 8.00. The third kappa shape index (κ3) is 5.54. The van der Waals surface area contributed by atoms with Gasteiger partial charge in [0.1, 0.15) is 0 Å². The molecule has 0 radical (unpaired) electrons. The van der Waals surface area contributed by atoms with Crippen molar-refractivity contribution in [3.63, 3.8) is 0 Å². The Morgan fingerprint density at radius 1 is 1.21 bits per heavy atom. The monoisotopic (exact) mass is 425 g/mol. The average molecular weight is 425 g/mol. The predicted molar refractivity (Wildman–Crippen MR) is 103 cm³/mol. The average Bonchev–Trinajstić information content (AvgIpc) is 3.15. The molecule has 1 unspecified atom stereocenters. The van der Waals surface area contributed by atoms with Crippen molar-refractivity contribution in [3.05, 3.63) is 23.8 Å². The van der Waals surface area contributed by atoms with Gasteiger partial charge in [-0.15, -0.1) is 0 Å². The fourth-order valence-corrected chi connectivity index (χ4v) is 3.18. The van der Waals surface area contributed by atoms with Crippen molar-refractivity contribution >= 4 is 29.6 Å². The molecule has 2 aliphatic rings. The van der Waals surface area contributed by atoms with Gasteiger partial charge in [0.2, 0.25) is 13.6 Å². The molecule has 0 spiro atoms. The lowest BCUT2D eigenvalue weighted by Crippen LogP contribution is -2.41. The van der Waals surface area contributed by atoms with E-state index in [0.717, 1.165) is 16.4 Å². The van der Waals surface area contributed by atoms with E-state index in [1.807, 2.05) is 0 Å². The lowest BCUT2D eigenvalue weighted by Gasteiger charge is -2.24. The maximum Gasteiger partial charge on any atom is 0.413 e. The fraction of sp³-hybridized carbons (Fsp3) is 0.526. The van der Waals surface area contributed by atoms with Gasteiger partial charge in [0.15, 0.2) is 17.3 Å². The van der Waals surface area contributed by atoms with Gasteiger partial charge in [0, 0.05) is 24.1 Å². The van der Waals surface area contributed by atoms with Gasteiger partial charge in [-0.1, -0.05) is 0 Å². The van der Waals surface area contributed by atoms with Crippen molar-refractivity contribution < 1.29 is 38.1 Å². The molecule has 0 bridgehead atoms. The molecule has 1 saturated heterocycles. The molecule has 0 N–H and O–H groups in total. The molecule has 1 fully saturated rings. The summed E-state index contributed by atoms with van der Waals surface area (Å²) in [7, 11) is 1.43. The van der Waals surface area contributed by atoms with Crippen molar-refractivity contribution in [2.24, 2.45) is 0 Å². The summed E-state index contributed by atoms with van der Waals surface area (Å²) in [5.74, 6) is 2.15. The van der Waals surface area contributed by atoms with Crippen molar-refractivity contribution in [2.45, 2.75) is 25.5 Å². The lowest BCUT2D eigenvalue weighted by molar-refractivity contribution is -0.153. The highest BCUT2D eigenvalue weighted by Gasteiger charge is 2.26. The number of Topliss-reactive ketones (excluding diaryl/α,β-unsaturated/α-hetero) is 1. The fourth-order valence-electron chi connectivity index (χ4n) is 2.56. The molecule has 0 aliphatic carbocycles. The van der Waals surface area contributed by atoms with Crippen LogP contribution in [0.15, 0.2) is 18.2 Å². The van der Waals surface area contributed by atoms with Gasteiger partial charge in [0.05, 0.1) is 25.2 Å². The van der Waals surface area contributed by atoms with Gasteiger partial charge in [-0.2, -0.15) is 11.8 Å². The number of carbonyl (C=O) groups is 3. The molecule has 3 rings (SSSR count). The van der Waals surface area contributed by atoms with Crippen LogP contribution in [0.4, 0.5) is 4.79 Å². The third-order valence-electron chi connectivity index (χ3n) is 4.58. The van der Waals surface area contributed by atoms with Crippen molar-refractivity contribution in [1.82, 2.24) is 4.90 Å². The van der Waals surface area contributed by atoms with Gasteiger partial charge >= 0.3 is 12.1 Å². The number of hydrogen-bond donors (Lipinski definition) is 0. The van der Waals surface area contributed by atoms with Gasteiger partial charge < -0.3 is 28.6 Å². The Morgan fingerprint density at radius 3 is 2.69 bits per heavy atom. The molecule has 9 nitrogen and oxygen atoms in total. The highest BCUT2D eigenvalue weighted by atomic mass is 32.2. The zero-order valence-electron chi connectivity index (χ0n) is 16.3. The molecule has 1 aromatic carbocycles. The minimum absolute atomic E-state index is 0.0908. The molecule has 29 heavy (non-hydrogen) atoms. The molecule has 1 amide bonds. The van der Waals surface area contributed by atoms with Crippen molar-refractivity contribution in [1.29, 1.82) is 0 Å². The van der Waals surface area contributed by atoms with Crippen molar-refractivity contribution in [3.8, 4) is 11.5 Å². The van der Waals surface area contributed by atoms with Crippen LogP contribution in [0.2, 0.25) is 0 Å². The zero-order chi connectivity index (χ0) is 20.8. The Morgan fingerprint density at radius 2 is 1.97 bits per heavy atom. The van der Waals surface area contributed by atoms with Crippen LogP contribution in [0.5, 0.6) is 11.5 Å². The second-order valence-corrected chi connectivity index (χ2v) is 7.62. The van der Waals surface area contributed by atoms with Gasteiger partial charge in [-0.3, -0.25) is 9.59 Å². The number of amides is 1. The summed E-state index contributed by atoms with van der Waals surface area (Å²) in [6, 6.07) is 4.05. The van der Waals surface area contributed by atoms with E-state index in [2.05, 4.69) is 0 Å². The number of esters is 1. The zero-order valence-corrected chi connectivity index (χ0v) is 17.1. The molecular formula is C19H23NO8S. The predicted octanol–water partition coefficient (Wildman–Crippen LogP) is 2.08. The first-order chi connectivity index (χ1) is 14.0. The molecular weight excluding hydrogens is 402 g/mol. The summed E-state index contributed by atoms with van der Waals surface area (Å²) >= 11 is 1.79.